The van der Waals surface area contributed by atoms with Crippen molar-refractivity contribution in [3.8, 4) is 0 Å². The third-order valence-electron chi connectivity index (χ3n) is 4.86. The van der Waals surface area contributed by atoms with Crippen molar-refractivity contribution in [3.63, 3.8) is 0 Å². The highest BCUT2D eigenvalue weighted by atomic mass is 16.4. The molecule has 2 aromatic carbocycles. The Kier molecular flexibility index (Phi) is 6.87. The summed E-state index contributed by atoms with van der Waals surface area (Å²) in [5.41, 5.74) is 3.65. The molecule has 0 aromatic heterocycles. The van der Waals surface area contributed by atoms with Crippen LogP contribution in [0, 0.1) is 6.92 Å². The Bertz CT molecular complexity index is 1040. The molecule has 2 aromatic rings. The quantitative estimate of drug-likeness (QED) is 0.640. The van der Waals surface area contributed by atoms with E-state index in [1.54, 1.807) is 18.2 Å². The van der Waals surface area contributed by atoms with Gasteiger partial charge in [0.15, 0.2) is 0 Å². The standard InChI is InChI=1S/C24H25N3O4/c1-17-8-10-19(11-9-17)23(30)21-15-27(16-26(21)2)12-4-6-18-5-3-7-20(13-18)24(31)25-14-22(28)29/h3-11,13,15H,12,14,16H2,1-2H3,(H,25,31)(H,28,29)/b6-4+. The number of allylic oxidation sites excluding steroid dienone is 1. The molecule has 0 atom stereocenters. The highest BCUT2D eigenvalue weighted by Crippen LogP contribution is 2.19. The largest absolute Gasteiger partial charge is 0.480 e. The van der Waals surface area contributed by atoms with Crippen LogP contribution in [-0.4, -0.2) is 59.4 Å². The van der Waals surface area contributed by atoms with E-state index in [1.807, 2.05) is 72.5 Å². The fourth-order valence-electron chi connectivity index (χ4n) is 3.22. The van der Waals surface area contributed by atoms with Gasteiger partial charge >= 0.3 is 5.97 Å². The van der Waals surface area contributed by atoms with Crippen LogP contribution in [0.4, 0.5) is 0 Å². The van der Waals surface area contributed by atoms with E-state index in [-0.39, 0.29) is 5.78 Å². The van der Waals surface area contributed by atoms with Crippen LogP contribution in [0.2, 0.25) is 0 Å². The fourth-order valence-corrected chi connectivity index (χ4v) is 3.22. The second-order valence-corrected chi connectivity index (χ2v) is 7.42. The van der Waals surface area contributed by atoms with E-state index in [0.29, 0.717) is 30.0 Å². The lowest BCUT2D eigenvalue weighted by atomic mass is 10.1. The number of carboxylic acids is 1. The molecule has 0 saturated carbocycles. The van der Waals surface area contributed by atoms with Crippen molar-refractivity contribution in [3.05, 3.63) is 88.8 Å². The van der Waals surface area contributed by atoms with E-state index in [0.717, 1.165) is 11.1 Å². The number of aliphatic carboxylic acids is 1. The third kappa shape index (κ3) is 5.82. The number of hydrogen-bond donors (Lipinski definition) is 2. The summed E-state index contributed by atoms with van der Waals surface area (Å²) >= 11 is 0. The van der Waals surface area contributed by atoms with Gasteiger partial charge in [-0.2, -0.15) is 0 Å². The molecule has 7 nitrogen and oxygen atoms in total. The Morgan fingerprint density at radius 2 is 1.84 bits per heavy atom. The van der Waals surface area contributed by atoms with Crippen LogP contribution in [0.25, 0.3) is 6.08 Å². The molecular weight excluding hydrogens is 394 g/mol. The van der Waals surface area contributed by atoms with Gasteiger partial charge in [0.25, 0.3) is 5.91 Å². The molecule has 1 aliphatic rings. The summed E-state index contributed by atoms with van der Waals surface area (Å²) in [5, 5.41) is 11.0. The summed E-state index contributed by atoms with van der Waals surface area (Å²) < 4.78 is 0. The van der Waals surface area contributed by atoms with E-state index < -0.39 is 18.4 Å². The zero-order chi connectivity index (χ0) is 22.4. The smallest absolute Gasteiger partial charge is 0.322 e. The molecular formula is C24H25N3O4. The summed E-state index contributed by atoms with van der Waals surface area (Å²) in [6.07, 6.45) is 5.71. The van der Waals surface area contributed by atoms with Crippen molar-refractivity contribution in [1.29, 1.82) is 0 Å². The molecule has 0 radical (unpaired) electrons. The molecule has 0 unspecified atom stereocenters. The van der Waals surface area contributed by atoms with Gasteiger partial charge in [0.2, 0.25) is 5.78 Å². The van der Waals surface area contributed by atoms with Crippen LogP contribution in [0.1, 0.15) is 31.8 Å². The molecule has 0 spiro atoms. The number of nitrogens with zero attached hydrogens (tertiary/aromatic N) is 2. The van der Waals surface area contributed by atoms with Crippen LogP contribution >= 0.6 is 0 Å². The average molecular weight is 419 g/mol. The third-order valence-corrected chi connectivity index (χ3v) is 4.86. The van der Waals surface area contributed by atoms with E-state index >= 15 is 0 Å². The molecule has 1 heterocycles. The van der Waals surface area contributed by atoms with Gasteiger partial charge in [-0.15, -0.1) is 0 Å². The van der Waals surface area contributed by atoms with Crippen LogP contribution in [0.3, 0.4) is 0 Å². The number of benzene rings is 2. The van der Waals surface area contributed by atoms with Crippen molar-refractivity contribution in [1.82, 2.24) is 15.1 Å². The van der Waals surface area contributed by atoms with Crippen molar-refractivity contribution >= 4 is 23.7 Å². The van der Waals surface area contributed by atoms with Crippen LogP contribution in [0.15, 0.2) is 66.5 Å². The topological polar surface area (TPSA) is 90.0 Å². The Balaban J connectivity index is 1.61. The zero-order valence-corrected chi connectivity index (χ0v) is 17.5. The summed E-state index contributed by atoms with van der Waals surface area (Å²) in [7, 11) is 1.89. The van der Waals surface area contributed by atoms with Crippen LogP contribution in [0.5, 0.6) is 0 Å². The average Bonchev–Trinajstić information content (AvgIpc) is 3.12. The monoisotopic (exact) mass is 419 g/mol. The predicted octanol–water partition coefficient (Wildman–Crippen LogP) is 2.75. The molecule has 0 saturated heterocycles. The summed E-state index contributed by atoms with van der Waals surface area (Å²) in [6, 6.07) is 14.5. The first kappa shape index (κ1) is 21.8. The Morgan fingerprint density at radius 3 is 2.55 bits per heavy atom. The molecule has 0 bridgehead atoms. The maximum Gasteiger partial charge on any atom is 0.322 e. The maximum atomic E-state index is 12.8. The minimum atomic E-state index is -1.09. The van der Waals surface area contributed by atoms with Gasteiger partial charge in [-0.05, 0) is 24.6 Å². The van der Waals surface area contributed by atoms with Gasteiger partial charge in [-0.3, -0.25) is 14.4 Å². The fraction of sp³-hybridized carbons (Fsp3) is 0.208. The molecule has 1 aliphatic heterocycles. The summed E-state index contributed by atoms with van der Waals surface area (Å²) in [5.74, 6) is -1.52. The first-order valence-electron chi connectivity index (χ1n) is 9.88. The number of rotatable bonds is 8. The number of carboxylic acid groups (broad SMARTS) is 1. The maximum absolute atomic E-state index is 12.8. The normalized spacial score (nSPS) is 13.4. The lowest BCUT2D eigenvalue weighted by Crippen LogP contribution is -2.29. The number of ketones is 1. The van der Waals surface area contributed by atoms with Crippen LogP contribution in [-0.2, 0) is 4.79 Å². The number of carbonyl (C=O) groups is 3. The van der Waals surface area contributed by atoms with Gasteiger partial charge in [0.05, 0.1) is 6.67 Å². The number of carbonyl (C=O) groups excluding carboxylic acids is 2. The van der Waals surface area contributed by atoms with Crippen molar-refractivity contribution in [2.45, 2.75) is 6.92 Å². The lowest BCUT2D eigenvalue weighted by molar-refractivity contribution is -0.135. The number of hydrogen-bond acceptors (Lipinski definition) is 5. The number of nitrogens with one attached hydrogen (secondary N) is 1. The summed E-state index contributed by atoms with van der Waals surface area (Å²) in [4.78, 5) is 39.3. The minimum absolute atomic E-state index is 0.00551. The second kappa shape index (κ2) is 9.75. The molecule has 0 fully saturated rings. The molecule has 7 heteroatoms. The Labute approximate surface area is 181 Å². The van der Waals surface area contributed by atoms with Gasteiger partial charge in [-0.25, -0.2) is 0 Å². The van der Waals surface area contributed by atoms with Gasteiger partial charge in [0.1, 0.15) is 12.2 Å². The first-order chi connectivity index (χ1) is 14.8. The van der Waals surface area contributed by atoms with Gasteiger partial charge in [-0.1, -0.05) is 54.1 Å². The van der Waals surface area contributed by atoms with Crippen molar-refractivity contribution < 1.29 is 19.5 Å². The highest BCUT2D eigenvalue weighted by molar-refractivity contribution is 6.08. The number of likely N-dealkylation sites (N-methyl/N-ethyl adjacent to an activating group) is 1. The van der Waals surface area contributed by atoms with E-state index in [1.165, 1.54) is 0 Å². The number of amides is 1. The molecule has 160 valence electrons. The number of aryl methyl sites for hydroxylation is 1. The predicted molar refractivity (Wildman–Crippen MR) is 118 cm³/mol. The van der Waals surface area contributed by atoms with Gasteiger partial charge < -0.3 is 20.2 Å². The molecule has 2 N–H and O–H groups in total. The van der Waals surface area contributed by atoms with E-state index in [4.69, 9.17) is 5.11 Å². The van der Waals surface area contributed by atoms with Crippen LogP contribution < -0.4 is 5.32 Å². The molecule has 0 aliphatic carbocycles. The summed E-state index contributed by atoms with van der Waals surface area (Å²) in [6.45, 7) is 2.78. The lowest BCUT2D eigenvalue weighted by Gasteiger charge is -2.17. The van der Waals surface area contributed by atoms with Crippen molar-refractivity contribution in [2.75, 3.05) is 26.8 Å². The number of Topliss-reactive ketones (excluding diaryl/α,β-unsaturated/α-hetero) is 1. The van der Waals surface area contributed by atoms with E-state index in [9.17, 15) is 14.4 Å². The molecule has 31 heavy (non-hydrogen) atoms. The Morgan fingerprint density at radius 1 is 1.10 bits per heavy atom. The molecule has 3 rings (SSSR count). The van der Waals surface area contributed by atoms with E-state index in [2.05, 4.69) is 5.32 Å². The SMILES string of the molecule is Cc1ccc(C(=O)C2=CN(C/C=C/c3cccc(C(=O)NCC(=O)O)c3)CN2C)cc1. The van der Waals surface area contributed by atoms with Gasteiger partial charge in [0, 0.05) is 30.9 Å². The minimum Gasteiger partial charge on any atom is -0.480 e. The first-order valence-corrected chi connectivity index (χ1v) is 9.88. The molecule has 1 amide bonds. The second-order valence-electron chi connectivity index (χ2n) is 7.42. The highest BCUT2D eigenvalue weighted by Gasteiger charge is 2.23. The Hall–Kier alpha value is -3.87. The zero-order valence-electron chi connectivity index (χ0n) is 17.5. The van der Waals surface area contributed by atoms with Crippen molar-refractivity contribution in [2.24, 2.45) is 0 Å².